The molecule has 0 aliphatic carbocycles. The zero-order valence-corrected chi connectivity index (χ0v) is 17.4. The lowest BCUT2D eigenvalue weighted by Gasteiger charge is -2.16. The third kappa shape index (κ3) is 4.14. The Hall–Kier alpha value is -1.59. The van der Waals surface area contributed by atoms with Crippen LogP contribution in [-0.4, -0.2) is 19.6 Å². The van der Waals surface area contributed by atoms with E-state index in [2.05, 4.69) is 13.8 Å². The second-order valence-corrected chi connectivity index (χ2v) is 10.3. The predicted molar refractivity (Wildman–Crippen MR) is 110 cm³/mol. The maximum atomic E-state index is 13.4. The van der Waals surface area contributed by atoms with Crippen molar-refractivity contribution in [2.24, 2.45) is 0 Å². The summed E-state index contributed by atoms with van der Waals surface area (Å²) >= 11 is 1.65. The monoisotopic (exact) mass is 407 g/mol. The molecule has 0 aliphatic rings. The molecule has 0 aliphatic heterocycles. The molecule has 3 aromatic rings. The first kappa shape index (κ1) is 20.2. The molecule has 7 heteroatoms. The van der Waals surface area contributed by atoms with Crippen molar-refractivity contribution in [3.05, 3.63) is 53.8 Å². The zero-order valence-electron chi connectivity index (χ0n) is 15.7. The topological polar surface area (TPSA) is 62.5 Å². The first-order chi connectivity index (χ1) is 12.6. The molecule has 3 rings (SSSR count). The molecule has 0 saturated carbocycles. The van der Waals surface area contributed by atoms with Gasteiger partial charge in [-0.05, 0) is 53.9 Å². The highest BCUT2D eigenvalue weighted by molar-refractivity contribution is 7.99. The zero-order chi connectivity index (χ0) is 19.9. The molecule has 0 spiro atoms. The number of aromatic nitrogens is 1. The fraction of sp³-hybridized carbons (Fsp3) is 0.300. The third-order valence-electron chi connectivity index (χ3n) is 4.29. The second kappa shape index (κ2) is 7.44. The molecule has 1 aromatic heterocycles. The van der Waals surface area contributed by atoms with E-state index in [1.165, 1.54) is 12.1 Å². The molecule has 27 heavy (non-hydrogen) atoms. The van der Waals surface area contributed by atoms with Gasteiger partial charge in [-0.3, -0.25) is 4.57 Å². The molecule has 2 aromatic carbocycles. The Morgan fingerprint density at radius 3 is 2.19 bits per heavy atom. The quantitative estimate of drug-likeness (QED) is 0.451. The summed E-state index contributed by atoms with van der Waals surface area (Å²) in [4.78, 5) is 19.6. The van der Waals surface area contributed by atoms with Crippen LogP contribution in [0.15, 0.2) is 47.5 Å². The summed E-state index contributed by atoms with van der Waals surface area (Å²) < 4.78 is 27.4. The number of rotatable bonds is 5. The fourth-order valence-corrected chi connectivity index (χ4v) is 5.09. The SMILES string of the molecule is CC(C)Sc1cc2cc(P(=O)(O)O)c(C(C)C)cc2n1-c1ccc(F)cc1. The van der Waals surface area contributed by atoms with E-state index in [1.54, 1.807) is 30.0 Å². The molecule has 0 bridgehead atoms. The predicted octanol–water partition coefficient (Wildman–Crippen LogP) is 5.20. The summed E-state index contributed by atoms with van der Waals surface area (Å²) in [5.41, 5.74) is 2.29. The van der Waals surface area contributed by atoms with Gasteiger partial charge < -0.3 is 14.4 Å². The number of fused-ring (bicyclic) bond motifs is 1. The molecule has 0 fully saturated rings. The van der Waals surface area contributed by atoms with Crippen molar-refractivity contribution in [3.8, 4) is 5.69 Å². The Balaban J connectivity index is 2.35. The molecule has 0 unspecified atom stereocenters. The largest absolute Gasteiger partial charge is 0.356 e. The maximum Gasteiger partial charge on any atom is 0.356 e. The van der Waals surface area contributed by atoms with Gasteiger partial charge in [0.05, 0.1) is 15.8 Å². The molecular weight excluding hydrogens is 384 g/mol. The van der Waals surface area contributed by atoms with Crippen LogP contribution in [-0.2, 0) is 4.57 Å². The lowest BCUT2D eigenvalue weighted by Crippen LogP contribution is -2.12. The Morgan fingerprint density at radius 1 is 1.04 bits per heavy atom. The van der Waals surface area contributed by atoms with E-state index in [0.717, 1.165) is 21.6 Å². The van der Waals surface area contributed by atoms with Crippen molar-refractivity contribution in [1.29, 1.82) is 0 Å². The van der Waals surface area contributed by atoms with Gasteiger partial charge in [0.2, 0.25) is 0 Å². The van der Waals surface area contributed by atoms with E-state index < -0.39 is 7.60 Å². The van der Waals surface area contributed by atoms with Gasteiger partial charge in [-0.15, -0.1) is 11.8 Å². The summed E-state index contributed by atoms with van der Waals surface area (Å²) in [6, 6.07) is 11.6. The number of hydrogen-bond donors (Lipinski definition) is 2. The Bertz CT molecular complexity index is 1020. The highest BCUT2D eigenvalue weighted by Crippen LogP contribution is 2.40. The van der Waals surface area contributed by atoms with E-state index in [0.29, 0.717) is 10.8 Å². The number of nitrogens with zero attached hydrogens (tertiary/aromatic N) is 1. The van der Waals surface area contributed by atoms with Gasteiger partial charge >= 0.3 is 7.60 Å². The number of halogens is 1. The van der Waals surface area contributed by atoms with Crippen LogP contribution < -0.4 is 5.30 Å². The molecule has 4 nitrogen and oxygen atoms in total. The van der Waals surface area contributed by atoms with Crippen molar-refractivity contribution in [1.82, 2.24) is 4.57 Å². The Labute approximate surface area is 162 Å². The molecule has 0 atom stereocenters. The van der Waals surface area contributed by atoms with Gasteiger partial charge in [0, 0.05) is 16.3 Å². The first-order valence-corrected chi connectivity index (χ1v) is 11.2. The van der Waals surface area contributed by atoms with Crippen LogP contribution in [0.1, 0.15) is 39.2 Å². The second-order valence-electron chi connectivity index (χ2n) is 7.13. The van der Waals surface area contributed by atoms with Crippen molar-refractivity contribution in [2.45, 2.75) is 43.9 Å². The van der Waals surface area contributed by atoms with Crippen LogP contribution in [0.3, 0.4) is 0 Å². The van der Waals surface area contributed by atoms with Crippen LogP contribution >= 0.6 is 19.4 Å². The molecule has 1 heterocycles. The van der Waals surface area contributed by atoms with Gasteiger partial charge in [-0.2, -0.15) is 0 Å². The van der Waals surface area contributed by atoms with Gasteiger partial charge in [-0.1, -0.05) is 27.7 Å². The van der Waals surface area contributed by atoms with E-state index in [9.17, 15) is 18.7 Å². The standard InChI is InChI=1S/C20H23FNO3PS/c1-12(2)17-11-18-14(9-19(17)26(23,24)25)10-20(27-13(3)4)22(18)16-7-5-15(21)6-8-16/h5-13H,1-4H3,(H2,23,24,25). The lowest BCUT2D eigenvalue weighted by atomic mass is 10.0. The molecular formula is C20H23FNO3PS. The van der Waals surface area contributed by atoms with Crippen LogP contribution in [0.2, 0.25) is 0 Å². The van der Waals surface area contributed by atoms with Crippen LogP contribution in [0.5, 0.6) is 0 Å². The van der Waals surface area contributed by atoms with Gasteiger partial charge in [0.1, 0.15) is 5.82 Å². The molecule has 2 N–H and O–H groups in total. The van der Waals surface area contributed by atoms with Crippen molar-refractivity contribution in [3.63, 3.8) is 0 Å². The van der Waals surface area contributed by atoms with Crippen molar-refractivity contribution in [2.75, 3.05) is 0 Å². The van der Waals surface area contributed by atoms with E-state index >= 15 is 0 Å². The molecule has 0 radical (unpaired) electrons. The van der Waals surface area contributed by atoms with E-state index in [-0.39, 0.29) is 17.0 Å². The van der Waals surface area contributed by atoms with E-state index in [4.69, 9.17) is 0 Å². The Morgan fingerprint density at radius 2 is 1.67 bits per heavy atom. The number of thioether (sulfide) groups is 1. The molecule has 0 amide bonds. The maximum absolute atomic E-state index is 13.4. The summed E-state index contributed by atoms with van der Waals surface area (Å²) in [6.07, 6.45) is 0. The summed E-state index contributed by atoms with van der Waals surface area (Å²) in [7, 11) is -4.39. The van der Waals surface area contributed by atoms with Crippen molar-refractivity contribution < 1.29 is 18.7 Å². The molecule has 0 saturated heterocycles. The van der Waals surface area contributed by atoms with Crippen LogP contribution in [0.25, 0.3) is 16.6 Å². The van der Waals surface area contributed by atoms with Crippen LogP contribution in [0, 0.1) is 5.82 Å². The summed E-state index contributed by atoms with van der Waals surface area (Å²) in [6.45, 7) is 7.99. The minimum Gasteiger partial charge on any atom is -0.321 e. The fourth-order valence-electron chi connectivity index (χ4n) is 3.13. The average Bonchev–Trinajstić information content (AvgIpc) is 2.89. The lowest BCUT2D eigenvalue weighted by molar-refractivity contribution is 0.387. The Kier molecular flexibility index (Phi) is 5.55. The third-order valence-corrected chi connectivity index (χ3v) is 6.32. The first-order valence-electron chi connectivity index (χ1n) is 8.76. The number of hydrogen-bond acceptors (Lipinski definition) is 2. The van der Waals surface area contributed by atoms with E-state index in [1.807, 2.05) is 30.5 Å². The molecule has 144 valence electrons. The van der Waals surface area contributed by atoms with Gasteiger partial charge in [0.25, 0.3) is 0 Å². The summed E-state index contributed by atoms with van der Waals surface area (Å²) in [5.74, 6) is -0.352. The van der Waals surface area contributed by atoms with Crippen LogP contribution in [0.4, 0.5) is 4.39 Å². The highest BCUT2D eigenvalue weighted by atomic mass is 32.2. The van der Waals surface area contributed by atoms with Crippen molar-refractivity contribution >= 4 is 35.6 Å². The number of benzene rings is 2. The average molecular weight is 407 g/mol. The smallest absolute Gasteiger partial charge is 0.321 e. The highest BCUT2D eigenvalue weighted by Gasteiger charge is 2.25. The minimum atomic E-state index is -4.39. The minimum absolute atomic E-state index is 0.0465. The van der Waals surface area contributed by atoms with Gasteiger partial charge in [-0.25, -0.2) is 4.39 Å². The normalized spacial score (nSPS) is 12.5. The summed E-state index contributed by atoms with van der Waals surface area (Å²) in [5, 5.41) is 2.09. The van der Waals surface area contributed by atoms with Gasteiger partial charge in [0.15, 0.2) is 0 Å².